The average Bonchev–Trinajstić information content (AvgIpc) is 2.71. The van der Waals surface area contributed by atoms with Crippen LogP contribution in [0.2, 0.25) is 0 Å². The Morgan fingerprint density at radius 2 is 1.59 bits per heavy atom. The van der Waals surface area contributed by atoms with Crippen molar-refractivity contribution < 1.29 is 34.1 Å². The zero-order valence-electron chi connectivity index (χ0n) is 18.5. The van der Waals surface area contributed by atoms with Gasteiger partial charge in [-0.25, -0.2) is 9.59 Å². The highest BCUT2D eigenvalue weighted by atomic mass is 16.6. The van der Waals surface area contributed by atoms with Crippen molar-refractivity contribution in [3.8, 4) is 11.5 Å². The second-order valence-electron chi connectivity index (χ2n) is 7.63. The molecule has 1 unspecified atom stereocenters. The van der Waals surface area contributed by atoms with Gasteiger partial charge in [0.2, 0.25) is 5.91 Å². The zero-order chi connectivity index (χ0) is 23.8. The molecule has 1 aliphatic rings. The number of carboxylic acids is 2. The van der Waals surface area contributed by atoms with Crippen LogP contribution in [0, 0.1) is 20.8 Å². The van der Waals surface area contributed by atoms with Gasteiger partial charge in [0.25, 0.3) is 0 Å². The largest absolute Gasteiger partial charge is 0.486 e. The first-order valence-corrected chi connectivity index (χ1v) is 9.97. The Labute approximate surface area is 186 Å². The average molecular weight is 444 g/mol. The zero-order valence-corrected chi connectivity index (χ0v) is 18.5. The van der Waals surface area contributed by atoms with Gasteiger partial charge < -0.3 is 25.0 Å². The van der Waals surface area contributed by atoms with Gasteiger partial charge in [0.15, 0.2) is 11.5 Å². The fraction of sp³-hybridized carbons (Fsp3) is 0.348. The number of aliphatic carboxylic acids is 2. The number of ether oxygens (including phenoxy) is 2. The summed E-state index contributed by atoms with van der Waals surface area (Å²) in [5.41, 5.74) is 4.27. The topological polar surface area (TPSA) is 125 Å². The van der Waals surface area contributed by atoms with E-state index < -0.39 is 11.9 Å². The number of anilines is 1. The second kappa shape index (κ2) is 11.1. The maximum Gasteiger partial charge on any atom is 0.414 e. The Kier molecular flexibility index (Phi) is 8.60. The van der Waals surface area contributed by atoms with E-state index in [9.17, 15) is 4.79 Å². The van der Waals surface area contributed by atoms with Gasteiger partial charge in [0.1, 0.15) is 12.7 Å². The Bertz CT molecular complexity index is 955. The predicted molar refractivity (Wildman–Crippen MR) is 118 cm³/mol. The van der Waals surface area contributed by atoms with E-state index >= 15 is 0 Å². The van der Waals surface area contributed by atoms with E-state index in [-0.39, 0.29) is 12.0 Å². The van der Waals surface area contributed by atoms with Crippen molar-refractivity contribution >= 4 is 23.5 Å². The van der Waals surface area contributed by atoms with Crippen LogP contribution in [0.4, 0.5) is 5.69 Å². The molecule has 0 radical (unpaired) electrons. The highest BCUT2D eigenvalue weighted by molar-refractivity contribution is 6.27. The van der Waals surface area contributed by atoms with Crippen molar-refractivity contribution in [2.45, 2.75) is 26.9 Å². The van der Waals surface area contributed by atoms with Gasteiger partial charge in [-0.2, -0.15) is 0 Å². The Hall–Kier alpha value is -3.59. The molecule has 3 rings (SSSR count). The minimum atomic E-state index is -1.82. The Morgan fingerprint density at radius 1 is 1.03 bits per heavy atom. The first-order valence-electron chi connectivity index (χ1n) is 9.97. The smallest absolute Gasteiger partial charge is 0.414 e. The first kappa shape index (κ1) is 24.7. The SMILES string of the molecule is Cc1cc(C)c(NC(=O)CN(C)CC2COc3ccccc3O2)c(C)c1.O=C(O)C(=O)O. The summed E-state index contributed by atoms with van der Waals surface area (Å²) in [6.45, 7) is 7.50. The summed E-state index contributed by atoms with van der Waals surface area (Å²) in [6.07, 6.45) is -0.0921. The summed E-state index contributed by atoms with van der Waals surface area (Å²) in [5, 5.41) is 17.8. The number of fused-ring (bicyclic) bond motifs is 1. The summed E-state index contributed by atoms with van der Waals surface area (Å²) in [6, 6.07) is 11.8. The number of rotatable bonds is 5. The number of likely N-dealkylation sites (N-methyl/N-ethyl adjacent to an activating group) is 1. The van der Waals surface area contributed by atoms with E-state index in [4.69, 9.17) is 29.3 Å². The Morgan fingerprint density at radius 3 is 2.16 bits per heavy atom. The number of carboxylic acid groups (broad SMARTS) is 2. The minimum absolute atomic E-state index is 0.0281. The van der Waals surface area contributed by atoms with Gasteiger partial charge in [-0.15, -0.1) is 0 Å². The van der Waals surface area contributed by atoms with Gasteiger partial charge in [-0.3, -0.25) is 9.69 Å². The van der Waals surface area contributed by atoms with Crippen molar-refractivity contribution in [1.82, 2.24) is 4.90 Å². The third-order valence-electron chi connectivity index (χ3n) is 4.62. The van der Waals surface area contributed by atoms with Gasteiger partial charge >= 0.3 is 11.9 Å². The molecule has 0 aromatic heterocycles. The van der Waals surface area contributed by atoms with E-state index in [1.165, 1.54) is 5.56 Å². The fourth-order valence-electron chi connectivity index (χ4n) is 3.37. The van der Waals surface area contributed by atoms with Crippen LogP contribution in [-0.4, -0.2) is 65.8 Å². The number of aryl methyl sites for hydroxylation is 3. The second-order valence-corrected chi connectivity index (χ2v) is 7.63. The monoisotopic (exact) mass is 444 g/mol. The van der Waals surface area contributed by atoms with Crippen LogP contribution in [0.1, 0.15) is 16.7 Å². The van der Waals surface area contributed by atoms with E-state index in [0.29, 0.717) is 19.7 Å². The maximum absolute atomic E-state index is 12.4. The van der Waals surface area contributed by atoms with Crippen molar-refractivity contribution in [3.63, 3.8) is 0 Å². The molecule has 0 saturated carbocycles. The van der Waals surface area contributed by atoms with Crippen LogP contribution in [0.15, 0.2) is 36.4 Å². The molecule has 0 saturated heterocycles. The molecule has 2 aromatic carbocycles. The van der Waals surface area contributed by atoms with E-state index in [1.807, 2.05) is 50.1 Å². The molecule has 0 spiro atoms. The first-order chi connectivity index (χ1) is 15.1. The van der Waals surface area contributed by atoms with Crippen LogP contribution in [0.5, 0.6) is 11.5 Å². The number of carbonyl (C=O) groups is 3. The lowest BCUT2D eigenvalue weighted by Crippen LogP contribution is -2.42. The fourth-order valence-corrected chi connectivity index (χ4v) is 3.37. The van der Waals surface area contributed by atoms with Crippen LogP contribution in [0.3, 0.4) is 0 Å². The standard InChI is InChI=1S/C21H26N2O3.C2H2O4/c1-14-9-15(2)21(16(3)10-14)22-20(24)12-23(4)11-17-13-25-18-7-5-6-8-19(18)26-17;3-1(4)2(5)6/h5-10,17H,11-13H2,1-4H3,(H,22,24);(H,3,4)(H,5,6). The number of nitrogens with zero attached hydrogens (tertiary/aromatic N) is 1. The predicted octanol–water partition coefficient (Wildman–Crippen LogP) is 2.48. The number of carbonyl (C=O) groups excluding carboxylic acids is 1. The lowest BCUT2D eigenvalue weighted by molar-refractivity contribution is -0.159. The molecule has 3 N–H and O–H groups in total. The molecule has 172 valence electrons. The van der Waals surface area contributed by atoms with Crippen LogP contribution in [-0.2, 0) is 14.4 Å². The van der Waals surface area contributed by atoms with Crippen molar-refractivity contribution in [2.75, 3.05) is 32.1 Å². The van der Waals surface area contributed by atoms with Crippen LogP contribution < -0.4 is 14.8 Å². The van der Waals surface area contributed by atoms with Gasteiger partial charge in [-0.1, -0.05) is 29.8 Å². The molecule has 9 heteroatoms. The number of hydrogen-bond acceptors (Lipinski definition) is 6. The molecule has 0 fully saturated rings. The van der Waals surface area contributed by atoms with Crippen molar-refractivity contribution in [2.24, 2.45) is 0 Å². The molecular formula is C23H28N2O7. The summed E-state index contributed by atoms with van der Waals surface area (Å²) in [7, 11) is 1.91. The van der Waals surface area contributed by atoms with Gasteiger partial charge in [-0.05, 0) is 51.1 Å². The van der Waals surface area contributed by atoms with Gasteiger partial charge in [0.05, 0.1) is 6.54 Å². The highest BCUT2D eigenvalue weighted by Gasteiger charge is 2.22. The lowest BCUT2D eigenvalue weighted by atomic mass is 10.1. The molecule has 1 aliphatic heterocycles. The third kappa shape index (κ3) is 7.28. The number of benzene rings is 2. The molecule has 1 atom stereocenters. The number of amides is 1. The molecule has 1 heterocycles. The summed E-state index contributed by atoms with van der Waals surface area (Å²) >= 11 is 0. The third-order valence-corrected chi connectivity index (χ3v) is 4.62. The number of para-hydroxylation sites is 2. The van der Waals surface area contributed by atoms with E-state index in [0.717, 1.165) is 28.3 Å². The summed E-state index contributed by atoms with van der Waals surface area (Å²) in [5.74, 6) is -2.15. The quantitative estimate of drug-likeness (QED) is 0.601. The van der Waals surface area contributed by atoms with Crippen LogP contribution >= 0.6 is 0 Å². The number of nitrogens with one attached hydrogen (secondary N) is 1. The van der Waals surface area contributed by atoms with Gasteiger partial charge in [0, 0.05) is 12.2 Å². The molecule has 1 amide bonds. The molecule has 2 aromatic rings. The molecule has 32 heavy (non-hydrogen) atoms. The maximum atomic E-state index is 12.4. The minimum Gasteiger partial charge on any atom is -0.486 e. The van der Waals surface area contributed by atoms with Crippen molar-refractivity contribution in [1.29, 1.82) is 0 Å². The molecule has 0 aliphatic carbocycles. The summed E-state index contributed by atoms with van der Waals surface area (Å²) in [4.78, 5) is 32.6. The normalized spacial score (nSPS) is 14.2. The molecular weight excluding hydrogens is 416 g/mol. The molecule has 0 bridgehead atoms. The van der Waals surface area contributed by atoms with E-state index in [2.05, 4.69) is 24.4 Å². The highest BCUT2D eigenvalue weighted by Crippen LogP contribution is 2.31. The van der Waals surface area contributed by atoms with E-state index in [1.54, 1.807) is 0 Å². The van der Waals surface area contributed by atoms with Crippen molar-refractivity contribution in [3.05, 3.63) is 53.1 Å². The number of hydrogen-bond donors (Lipinski definition) is 3. The Balaban J connectivity index is 0.000000534. The molecule has 9 nitrogen and oxygen atoms in total. The lowest BCUT2D eigenvalue weighted by Gasteiger charge is -2.29. The summed E-state index contributed by atoms with van der Waals surface area (Å²) < 4.78 is 11.7. The van der Waals surface area contributed by atoms with Crippen LogP contribution in [0.25, 0.3) is 0 Å².